The maximum atomic E-state index is 10.1. The third kappa shape index (κ3) is 12.9. The second-order valence-corrected chi connectivity index (χ2v) is 7.14. The van der Waals surface area contributed by atoms with E-state index in [-0.39, 0.29) is 0 Å². The summed E-state index contributed by atoms with van der Waals surface area (Å²) in [7, 11) is 0. The van der Waals surface area contributed by atoms with E-state index in [0.717, 1.165) is 19.4 Å². The topological polar surface area (TPSA) is 47.4 Å². The number of nitrogens with zero attached hydrogens (tertiary/aromatic N) is 3. The summed E-state index contributed by atoms with van der Waals surface area (Å²) < 4.78 is 6.90. The van der Waals surface area contributed by atoms with E-state index in [2.05, 4.69) is 21.4 Å². The van der Waals surface area contributed by atoms with Crippen molar-refractivity contribution >= 4 is 6.47 Å². The zero-order valence-corrected chi connectivity index (χ0v) is 16.8. The van der Waals surface area contributed by atoms with Crippen LogP contribution in [0.5, 0.6) is 0 Å². The molecule has 0 aliphatic heterocycles. The monoisotopic (exact) mass is 365 g/mol. The van der Waals surface area contributed by atoms with Gasteiger partial charge in [0.1, 0.15) is 0 Å². The van der Waals surface area contributed by atoms with E-state index >= 15 is 0 Å². The number of rotatable bonds is 19. The molecule has 26 heavy (non-hydrogen) atoms. The zero-order valence-electron chi connectivity index (χ0n) is 16.8. The van der Waals surface area contributed by atoms with E-state index in [1.807, 2.05) is 18.7 Å². The van der Waals surface area contributed by atoms with Crippen molar-refractivity contribution < 1.29 is 9.53 Å². The van der Waals surface area contributed by atoms with Crippen LogP contribution < -0.4 is 0 Å². The highest BCUT2D eigenvalue weighted by molar-refractivity contribution is 5.36. The molecular formula is C21H39N3O2. The van der Waals surface area contributed by atoms with E-state index < -0.39 is 0 Å². The molecule has 0 N–H and O–H groups in total. The van der Waals surface area contributed by atoms with Crippen molar-refractivity contribution in [2.75, 3.05) is 26.2 Å². The largest absolute Gasteiger partial charge is 0.468 e. The molecule has 0 amide bonds. The molecule has 5 nitrogen and oxygen atoms in total. The molecule has 0 unspecified atom stereocenters. The third-order valence-corrected chi connectivity index (χ3v) is 4.83. The first kappa shape index (κ1) is 22.7. The van der Waals surface area contributed by atoms with Crippen LogP contribution >= 0.6 is 0 Å². The van der Waals surface area contributed by atoms with Crippen molar-refractivity contribution in [2.45, 2.75) is 84.1 Å². The molecule has 0 bridgehead atoms. The first-order valence-corrected chi connectivity index (χ1v) is 10.6. The van der Waals surface area contributed by atoms with Crippen LogP contribution in [-0.2, 0) is 16.1 Å². The zero-order chi connectivity index (χ0) is 18.7. The Balaban J connectivity index is 2.13. The number of hydrogen-bond acceptors (Lipinski definition) is 4. The van der Waals surface area contributed by atoms with E-state index in [0.29, 0.717) is 13.1 Å². The first-order valence-electron chi connectivity index (χ1n) is 10.6. The van der Waals surface area contributed by atoms with Crippen LogP contribution in [0.25, 0.3) is 0 Å². The fourth-order valence-electron chi connectivity index (χ4n) is 3.27. The minimum Gasteiger partial charge on any atom is -0.468 e. The van der Waals surface area contributed by atoms with Crippen molar-refractivity contribution in [1.29, 1.82) is 0 Å². The van der Waals surface area contributed by atoms with Gasteiger partial charge in [0, 0.05) is 18.9 Å². The summed E-state index contributed by atoms with van der Waals surface area (Å²) in [5.74, 6) is 0. The molecule has 1 rings (SSSR count). The van der Waals surface area contributed by atoms with Gasteiger partial charge in [0.2, 0.25) is 0 Å². The van der Waals surface area contributed by atoms with E-state index in [1.165, 1.54) is 77.4 Å². The molecule has 0 saturated heterocycles. The third-order valence-electron chi connectivity index (χ3n) is 4.83. The number of carbonyl (C=O) groups excluding carboxylic acids is 1. The fourth-order valence-corrected chi connectivity index (χ4v) is 3.27. The number of unbranched alkanes of at least 4 members (excludes halogenated alkanes) is 8. The van der Waals surface area contributed by atoms with E-state index in [9.17, 15) is 4.79 Å². The predicted octanol–water partition coefficient (Wildman–Crippen LogP) is 4.67. The van der Waals surface area contributed by atoms with Crippen LogP contribution in [0.15, 0.2) is 18.7 Å². The van der Waals surface area contributed by atoms with Crippen molar-refractivity contribution in [3.8, 4) is 0 Å². The second-order valence-electron chi connectivity index (χ2n) is 7.14. The first-order chi connectivity index (χ1) is 12.9. The molecule has 0 spiro atoms. The van der Waals surface area contributed by atoms with Gasteiger partial charge in [0.05, 0.1) is 12.9 Å². The van der Waals surface area contributed by atoms with Crippen LogP contribution in [-0.4, -0.2) is 47.2 Å². The van der Waals surface area contributed by atoms with Crippen molar-refractivity contribution in [1.82, 2.24) is 14.5 Å². The minimum absolute atomic E-state index is 0.544. The average Bonchev–Trinajstić information content (AvgIpc) is 3.16. The minimum atomic E-state index is 0.544. The quantitative estimate of drug-likeness (QED) is 0.264. The summed E-state index contributed by atoms with van der Waals surface area (Å²) in [6.45, 7) is 8.07. The number of aryl methyl sites for hydroxylation is 1. The molecule has 1 aromatic rings. The van der Waals surface area contributed by atoms with Gasteiger partial charge in [-0.3, -0.25) is 4.79 Å². The molecule has 1 heterocycles. The van der Waals surface area contributed by atoms with Gasteiger partial charge in [-0.1, -0.05) is 51.9 Å². The maximum Gasteiger partial charge on any atom is 0.293 e. The summed E-state index contributed by atoms with van der Waals surface area (Å²) >= 11 is 0. The normalized spacial score (nSPS) is 11.2. The summed E-state index contributed by atoms with van der Waals surface area (Å²) in [6.07, 6.45) is 19.7. The molecule has 0 fully saturated rings. The standard InChI is InChI=1S/C21H39N3O2/c1-2-3-4-6-9-14-23(16-12-17-24-18-13-22-20-24)15-10-7-5-8-11-19-26-21-25/h13,18,20-21H,2-12,14-17,19H2,1H3. The number of hydrogen-bond donors (Lipinski definition) is 0. The van der Waals surface area contributed by atoms with Gasteiger partial charge in [-0.25, -0.2) is 4.98 Å². The molecule has 0 aliphatic rings. The average molecular weight is 366 g/mol. The SMILES string of the molecule is CCCCCCCN(CCCCCCCOC=O)CCCn1ccnc1. The molecular weight excluding hydrogens is 326 g/mol. The Morgan fingerprint density at radius 2 is 1.58 bits per heavy atom. The summed E-state index contributed by atoms with van der Waals surface area (Å²) in [6, 6.07) is 0. The molecule has 5 heteroatoms. The Kier molecular flexibility index (Phi) is 14.9. The number of aromatic nitrogens is 2. The van der Waals surface area contributed by atoms with Crippen LogP contribution in [0.2, 0.25) is 0 Å². The van der Waals surface area contributed by atoms with Crippen LogP contribution in [0.3, 0.4) is 0 Å². The molecule has 0 aliphatic carbocycles. The lowest BCUT2D eigenvalue weighted by molar-refractivity contribution is -0.128. The van der Waals surface area contributed by atoms with Gasteiger partial charge in [-0.15, -0.1) is 0 Å². The highest BCUT2D eigenvalue weighted by atomic mass is 16.5. The fraction of sp³-hybridized carbons (Fsp3) is 0.810. The lowest BCUT2D eigenvalue weighted by Crippen LogP contribution is -2.28. The molecule has 0 radical (unpaired) electrons. The smallest absolute Gasteiger partial charge is 0.293 e. The number of imidazole rings is 1. The molecule has 1 aromatic heterocycles. The van der Waals surface area contributed by atoms with Crippen LogP contribution in [0, 0.1) is 0 Å². The Morgan fingerprint density at radius 1 is 0.923 bits per heavy atom. The van der Waals surface area contributed by atoms with Gasteiger partial charge in [-0.2, -0.15) is 0 Å². The molecule has 0 saturated carbocycles. The Hall–Kier alpha value is -1.36. The number of ether oxygens (including phenoxy) is 1. The summed E-state index contributed by atoms with van der Waals surface area (Å²) in [5, 5.41) is 0. The van der Waals surface area contributed by atoms with Gasteiger partial charge in [0.25, 0.3) is 6.47 Å². The van der Waals surface area contributed by atoms with Crippen LogP contribution in [0.4, 0.5) is 0 Å². The van der Waals surface area contributed by atoms with Crippen molar-refractivity contribution in [3.05, 3.63) is 18.7 Å². The summed E-state index contributed by atoms with van der Waals surface area (Å²) in [4.78, 5) is 16.9. The summed E-state index contributed by atoms with van der Waals surface area (Å²) in [5.41, 5.74) is 0. The predicted molar refractivity (Wildman–Crippen MR) is 107 cm³/mol. The molecule has 0 atom stereocenters. The van der Waals surface area contributed by atoms with E-state index in [4.69, 9.17) is 4.74 Å². The van der Waals surface area contributed by atoms with Gasteiger partial charge < -0.3 is 14.2 Å². The highest BCUT2D eigenvalue weighted by Gasteiger charge is 2.05. The number of carbonyl (C=O) groups is 1. The molecule has 150 valence electrons. The Labute approximate surface area is 160 Å². The Morgan fingerprint density at radius 3 is 2.23 bits per heavy atom. The van der Waals surface area contributed by atoms with E-state index in [1.54, 1.807) is 0 Å². The molecule has 0 aromatic carbocycles. The van der Waals surface area contributed by atoms with Gasteiger partial charge in [-0.05, 0) is 45.3 Å². The highest BCUT2D eigenvalue weighted by Crippen LogP contribution is 2.08. The second kappa shape index (κ2) is 17.1. The van der Waals surface area contributed by atoms with Crippen molar-refractivity contribution in [3.63, 3.8) is 0 Å². The van der Waals surface area contributed by atoms with Gasteiger partial charge >= 0.3 is 0 Å². The Bertz CT molecular complexity index is 409. The van der Waals surface area contributed by atoms with Crippen LogP contribution in [0.1, 0.15) is 77.6 Å². The maximum absolute atomic E-state index is 10.1. The lowest BCUT2D eigenvalue weighted by atomic mass is 10.1. The van der Waals surface area contributed by atoms with Gasteiger partial charge in [0.15, 0.2) is 0 Å². The van der Waals surface area contributed by atoms with Crippen molar-refractivity contribution in [2.24, 2.45) is 0 Å². The lowest BCUT2D eigenvalue weighted by Gasteiger charge is -2.22.